The van der Waals surface area contributed by atoms with Crippen LogP contribution in [0.5, 0.6) is 0 Å². The fourth-order valence-electron chi connectivity index (χ4n) is 2.16. The summed E-state index contributed by atoms with van der Waals surface area (Å²) in [6, 6.07) is 0. The molecule has 0 radical (unpaired) electrons. The van der Waals surface area contributed by atoms with Gasteiger partial charge in [-0.2, -0.15) is 0 Å². The molecule has 1 rings (SSSR count). The molecule has 1 fully saturated rings. The summed E-state index contributed by atoms with van der Waals surface area (Å²) in [7, 11) is 0. The molecule has 0 heterocycles. The molecule has 0 bridgehead atoms. The minimum Gasteiger partial charge on any atom is -0.394 e. The van der Waals surface area contributed by atoms with Gasteiger partial charge in [0.25, 0.3) is 0 Å². The van der Waals surface area contributed by atoms with E-state index >= 15 is 0 Å². The molecule has 0 spiro atoms. The van der Waals surface area contributed by atoms with Crippen molar-refractivity contribution in [2.75, 3.05) is 6.61 Å². The molecule has 3 atom stereocenters. The quantitative estimate of drug-likeness (QED) is 0.746. The van der Waals surface area contributed by atoms with Crippen molar-refractivity contribution >= 4 is 5.91 Å². The highest BCUT2D eigenvalue weighted by molar-refractivity contribution is 5.80. The van der Waals surface area contributed by atoms with Crippen molar-refractivity contribution in [1.82, 2.24) is 5.32 Å². The van der Waals surface area contributed by atoms with Crippen molar-refractivity contribution in [3.8, 4) is 0 Å². The summed E-state index contributed by atoms with van der Waals surface area (Å²) in [4.78, 5) is 12.0. The topological polar surface area (TPSA) is 49.3 Å². The van der Waals surface area contributed by atoms with Crippen LogP contribution in [-0.2, 0) is 4.79 Å². The van der Waals surface area contributed by atoms with Crippen molar-refractivity contribution in [2.24, 2.45) is 11.8 Å². The maximum atomic E-state index is 12.0. The van der Waals surface area contributed by atoms with Crippen molar-refractivity contribution < 1.29 is 9.90 Å². The molecule has 15 heavy (non-hydrogen) atoms. The van der Waals surface area contributed by atoms with E-state index in [1.54, 1.807) is 0 Å². The molecule has 1 amide bonds. The SMILES string of the molecule is CCC(C)(CO)NC(=O)C1CCCC1C. The second kappa shape index (κ2) is 4.97. The molecule has 0 saturated heterocycles. The van der Waals surface area contributed by atoms with E-state index in [-0.39, 0.29) is 18.4 Å². The summed E-state index contributed by atoms with van der Waals surface area (Å²) in [5.41, 5.74) is -0.445. The highest BCUT2D eigenvalue weighted by Gasteiger charge is 2.33. The highest BCUT2D eigenvalue weighted by atomic mass is 16.3. The first-order valence-electron chi connectivity index (χ1n) is 5.95. The number of carbonyl (C=O) groups is 1. The lowest BCUT2D eigenvalue weighted by Crippen LogP contribution is -2.50. The summed E-state index contributed by atoms with van der Waals surface area (Å²) in [5.74, 6) is 0.769. The Kier molecular flexibility index (Phi) is 4.14. The fraction of sp³-hybridized carbons (Fsp3) is 0.917. The minimum atomic E-state index is -0.445. The molecule has 88 valence electrons. The van der Waals surface area contributed by atoms with Crippen LogP contribution in [0, 0.1) is 11.8 Å². The van der Waals surface area contributed by atoms with Crippen LogP contribution in [0.15, 0.2) is 0 Å². The van der Waals surface area contributed by atoms with Crippen LogP contribution in [-0.4, -0.2) is 23.2 Å². The monoisotopic (exact) mass is 213 g/mol. The van der Waals surface area contributed by atoms with Crippen molar-refractivity contribution in [1.29, 1.82) is 0 Å². The second-order valence-electron chi connectivity index (χ2n) is 5.08. The van der Waals surface area contributed by atoms with Crippen molar-refractivity contribution in [3.63, 3.8) is 0 Å². The summed E-state index contributed by atoms with van der Waals surface area (Å²) in [6.07, 6.45) is 4.07. The third kappa shape index (κ3) is 2.94. The zero-order valence-corrected chi connectivity index (χ0v) is 10.0. The highest BCUT2D eigenvalue weighted by Crippen LogP contribution is 2.31. The Labute approximate surface area is 92.3 Å². The first kappa shape index (κ1) is 12.5. The smallest absolute Gasteiger partial charge is 0.223 e. The molecule has 1 aliphatic carbocycles. The van der Waals surface area contributed by atoms with E-state index in [2.05, 4.69) is 12.2 Å². The van der Waals surface area contributed by atoms with Gasteiger partial charge in [0.1, 0.15) is 0 Å². The lowest BCUT2D eigenvalue weighted by atomic mass is 9.94. The molecule has 3 unspecified atom stereocenters. The van der Waals surface area contributed by atoms with Gasteiger partial charge < -0.3 is 10.4 Å². The molecule has 2 N–H and O–H groups in total. The molecular formula is C12H23NO2. The summed E-state index contributed by atoms with van der Waals surface area (Å²) in [6.45, 7) is 6.02. The van der Waals surface area contributed by atoms with E-state index in [0.717, 1.165) is 25.7 Å². The molecule has 0 aliphatic heterocycles. The Morgan fingerprint density at radius 2 is 2.20 bits per heavy atom. The number of aliphatic hydroxyl groups excluding tert-OH is 1. The molecule has 0 aromatic carbocycles. The first-order chi connectivity index (χ1) is 7.02. The van der Waals surface area contributed by atoms with Crippen molar-refractivity contribution in [2.45, 2.75) is 52.0 Å². The van der Waals surface area contributed by atoms with Crippen LogP contribution in [0.4, 0.5) is 0 Å². The third-order valence-corrected chi connectivity index (χ3v) is 3.75. The maximum absolute atomic E-state index is 12.0. The lowest BCUT2D eigenvalue weighted by molar-refractivity contribution is -0.128. The zero-order chi connectivity index (χ0) is 11.5. The van der Waals surface area contributed by atoms with E-state index < -0.39 is 5.54 Å². The predicted molar refractivity (Wildman–Crippen MR) is 60.4 cm³/mol. The number of hydrogen-bond acceptors (Lipinski definition) is 2. The van der Waals surface area contributed by atoms with Crippen LogP contribution in [0.2, 0.25) is 0 Å². The maximum Gasteiger partial charge on any atom is 0.223 e. The van der Waals surface area contributed by atoms with Crippen LogP contribution >= 0.6 is 0 Å². The van der Waals surface area contributed by atoms with Gasteiger partial charge in [-0.1, -0.05) is 20.3 Å². The van der Waals surface area contributed by atoms with E-state index in [0.29, 0.717) is 5.92 Å². The average molecular weight is 213 g/mol. The summed E-state index contributed by atoms with van der Waals surface area (Å²) >= 11 is 0. The van der Waals surface area contributed by atoms with Gasteiger partial charge >= 0.3 is 0 Å². The standard InChI is InChI=1S/C12H23NO2/c1-4-12(3,8-14)13-11(15)10-7-5-6-9(10)2/h9-10,14H,4-8H2,1-3H3,(H,13,15). The van der Waals surface area contributed by atoms with Gasteiger partial charge in [-0.15, -0.1) is 0 Å². The third-order valence-electron chi connectivity index (χ3n) is 3.75. The Bertz CT molecular complexity index is 224. The molecular weight excluding hydrogens is 190 g/mol. The van der Waals surface area contributed by atoms with Crippen LogP contribution < -0.4 is 5.32 Å². The second-order valence-corrected chi connectivity index (χ2v) is 5.08. The van der Waals surface area contributed by atoms with E-state index in [1.807, 2.05) is 13.8 Å². The Balaban J connectivity index is 2.54. The lowest BCUT2D eigenvalue weighted by Gasteiger charge is -2.29. The molecule has 3 nitrogen and oxygen atoms in total. The molecule has 1 saturated carbocycles. The molecule has 0 aromatic heterocycles. The van der Waals surface area contributed by atoms with Crippen LogP contribution in [0.1, 0.15) is 46.5 Å². The number of rotatable bonds is 4. The largest absolute Gasteiger partial charge is 0.394 e. The average Bonchev–Trinajstić information content (AvgIpc) is 2.64. The number of hydrogen-bond donors (Lipinski definition) is 2. The van der Waals surface area contributed by atoms with Gasteiger partial charge in [0.2, 0.25) is 5.91 Å². The predicted octanol–water partition coefficient (Wildman–Crippen LogP) is 1.70. The Morgan fingerprint density at radius 1 is 1.53 bits per heavy atom. The summed E-state index contributed by atoms with van der Waals surface area (Å²) in [5, 5.41) is 12.2. The van der Waals surface area contributed by atoms with Gasteiger partial charge in [-0.3, -0.25) is 4.79 Å². The molecule has 3 heteroatoms. The van der Waals surface area contributed by atoms with Gasteiger partial charge in [0, 0.05) is 5.92 Å². The number of amides is 1. The van der Waals surface area contributed by atoms with Gasteiger partial charge in [-0.05, 0) is 32.1 Å². The normalized spacial score (nSPS) is 29.9. The van der Waals surface area contributed by atoms with Gasteiger partial charge in [0.15, 0.2) is 0 Å². The van der Waals surface area contributed by atoms with Crippen molar-refractivity contribution in [3.05, 3.63) is 0 Å². The minimum absolute atomic E-state index is 0.0103. The number of nitrogens with one attached hydrogen (secondary N) is 1. The first-order valence-corrected chi connectivity index (χ1v) is 5.95. The summed E-state index contributed by atoms with van der Waals surface area (Å²) < 4.78 is 0. The number of carbonyl (C=O) groups excluding carboxylic acids is 1. The molecule has 1 aliphatic rings. The van der Waals surface area contributed by atoms with Crippen LogP contribution in [0.25, 0.3) is 0 Å². The van der Waals surface area contributed by atoms with Gasteiger partial charge in [0.05, 0.1) is 12.1 Å². The number of aliphatic hydroxyl groups is 1. The molecule has 0 aromatic rings. The van der Waals surface area contributed by atoms with E-state index in [4.69, 9.17) is 0 Å². The van der Waals surface area contributed by atoms with E-state index in [9.17, 15) is 9.90 Å². The van der Waals surface area contributed by atoms with Crippen LogP contribution in [0.3, 0.4) is 0 Å². The zero-order valence-electron chi connectivity index (χ0n) is 10.0. The Morgan fingerprint density at radius 3 is 2.60 bits per heavy atom. The fourth-order valence-corrected chi connectivity index (χ4v) is 2.16. The van der Waals surface area contributed by atoms with Gasteiger partial charge in [-0.25, -0.2) is 0 Å². The van der Waals surface area contributed by atoms with E-state index in [1.165, 1.54) is 0 Å². The Hall–Kier alpha value is -0.570.